The second-order valence-corrected chi connectivity index (χ2v) is 10.6. The van der Waals surface area contributed by atoms with Crippen LogP contribution in [-0.2, 0) is 4.79 Å². The van der Waals surface area contributed by atoms with Crippen LogP contribution in [0.25, 0.3) is 28.2 Å². The predicted molar refractivity (Wildman–Crippen MR) is 142 cm³/mol. The van der Waals surface area contributed by atoms with Crippen molar-refractivity contribution in [1.29, 1.82) is 0 Å². The second kappa shape index (κ2) is 12.3. The molecule has 1 saturated carbocycles. The Labute approximate surface area is 222 Å². The first-order chi connectivity index (χ1) is 18.0. The molecule has 0 radical (unpaired) electrons. The van der Waals surface area contributed by atoms with Gasteiger partial charge in [0, 0.05) is 18.7 Å². The molecule has 196 valence electrons. The number of amides is 1. The molecule has 1 aromatic carbocycles. The predicted octanol–water partition coefficient (Wildman–Crippen LogP) is 3.61. The van der Waals surface area contributed by atoms with Gasteiger partial charge < -0.3 is 21.1 Å². The van der Waals surface area contributed by atoms with Crippen molar-refractivity contribution in [2.24, 2.45) is 17.4 Å². The molecule has 1 amide bonds. The molecule has 5 rings (SSSR count). The average Bonchev–Trinajstić information content (AvgIpc) is 3.56. The van der Waals surface area contributed by atoms with Crippen LogP contribution in [-0.4, -0.2) is 58.1 Å². The molecule has 37 heavy (non-hydrogen) atoms. The lowest BCUT2D eigenvalue weighted by molar-refractivity contribution is -0.106. The van der Waals surface area contributed by atoms with Crippen LogP contribution in [0.5, 0.6) is 5.75 Å². The number of fused-ring (bicyclic) bond motifs is 1. The molecule has 0 bridgehead atoms. The molecule has 3 heterocycles. The lowest BCUT2D eigenvalue weighted by Gasteiger charge is -2.31. The summed E-state index contributed by atoms with van der Waals surface area (Å²) in [5.41, 5.74) is 11.4. The molecule has 1 aliphatic rings. The largest absolute Gasteiger partial charge is 0.507 e. The SMILES string of the molecule is NC=O.NCC(Cl)SCC1CCCC(n2c(-c3c(O)cccc3F)nc3cnc(-n4nccn4)cc32)C1. The highest BCUT2D eigenvalue weighted by atomic mass is 35.5. The number of pyridine rings is 1. The van der Waals surface area contributed by atoms with Gasteiger partial charge in [-0.15, -0.1) is 28.2 Å². The maximum Gasteiger partial charge on any atom is 0.204 e. The van der Waals surface area contributed by atoms with E-state index in [1.165, 1.54) is 23.0 Å². The maximum atomic E-state index is 15.0. The van der Waals surface area contributed by atoms with Crippen molar-refractivity contribution in [2.75, 3.05) is 12.3 Å². The van der Waals surface area contributed by atoms with Crippen molar-refractivity contribution in [3.05, 3.63) is 48.7 Å². The normalized spacial score (nSPS) is 18.2. The molecule has 1 aliphatic carbocycles. The highest BCUT2D eigenvalue weighted by Gasteiger charge is 2.29. The number of nitrogens with two attached hydrogens (primary N) is 2. The van der Waals surface area contributed by atoms with Crippen LogP contribution in [0.2, 0.25) is 0 Å². The number of phenolic OH excluding ortho intramolecular Hbond substituents is 1. The first-order valence-electron chi connectivity index (χ1n) is 11.8. The summed E-state index contributed by atoms with van der Waals surface area (Å²) >= 11 is 7.91. The number of imidazole rings is 1. The van der Waals surface area contributed by atoms with Gasteiger partial charge in [-0.25, -0.2) is 14.4 Å². The molecule has 3 unspecified atom stereocenters. The van der Waals surface area contributed by atoms with Crippen molar-refractivity contribution in [1.82, 2.24) is 29.5 Å². The van der Waals surface area contributed by atoms with Crippen LogP contribution in [0.15, 0.2) is 42.9 Å². The van der Waals surface area contributed by atoms with Gasteiger partial charge in [0.25, 0.3) is 0 Å². The minimum Gasteiger partial charge on any atom is -0.507 e. The highest BCUT2D eigenvalue weighted by molar-refractivity contribution is 8.01. The Bertz CT molecular complexity index is 1320. The Morgan fingerprint density at radius 2 is 2.05 bits per heavy atom. The fourth-order valence-electron chi connectivity index (χ4n) is 4.67. The van der Waals surface area contributed by atoms with E-state index in [0.717, 1.165) is 37.0 Å². The van der Waals surface area contributed by atoms with Crippen LogP contribution in [0, 0.1) is 11.7 Å². The first kappa shape index (κ1) is 26.8. The molecule has 4 aromatic rings. The molecule has 0 saturated heterocycles. The van der Waals surface area contributed by atoms with Gasteiger partial charge in [0.15, 0.2) is 5.82 Å². The van der Waals surface area contributed by atoms with Crippen molar-refractivity contribution in [2.45, 2.75) is 36.4 Å². The number of halogens is 2. The molecular weight excluding hydrogens is 519 g/mol. The molecule has 13 heteroatoms. The van der Waals surface area contributed by atoms with Crippen LogP contribution >= 0.6 is 23.4 Å². The van der Waals surface area contributed by atoms with E-state index in [1.807, 2.05) is 6.07 Å². The number of hydrogen-bond donors (Lipinski definition) is 3. The number of thioether (sulfide) groups is 1. The Kier molecular flexibility index (Phi) is 8.95. The van der Waals surface area contributed by atoms with Gasteiger partial charge in [-0.05, 0) is 43.1 Å². The number of carbonyl (C=O) groups excluding carboxylic acids is 1. The van der Waals surface area contributed by atoms with Gasteiger partial charge in [0.2, 0.25) is 6.41 Å². The molecule has 0 spiro atoms. The summed E-state index contributed by atoms with van der Waals surface area (Å²) in [5.74, 6) is 1.64. The Morgan fingerprint density at radius 1 is 1.30 bits per heavy atom. The van der Waals surface area contributed by atoms with Gasteiger partial charge in [0.1, 0.15) is 22.9 Å². The summed E-state index contributed by atoms with van der Waals surface area (Å²) in [6.07, 6.45) is 9.02. The lowest BCUT2D eigenvalue weighted by Crippen LogP contribution is -2.22. The van der Waals surface area contributed by atoms with E-state index in [1.54, 1.807) is 30.4 Å². The zero-order valence-corrected chi connectivity index (χ0v) is 21.5. The minimum atomic E-state index is -0.519. The zero-order chi connectivity index (χ0) is 26.4. The molecule has 3 aromatic heterocycles. The quantitative estimate of drug-likeness (QED) is 0.235. The van der Waals surface area contributed by atoms with Gasteiger partial charge in [-0.3, -0.25) is 4.79 Å². The summed E-state index contributed by atoms with van der Waals surface area (Å²) < 4.78 is 16.9. The molecule has 5 N–H and O–H groups in total. The number of nitrogens with zero attached hydrogens (tertiary/aromatic N) is 6. The van der Waals surface area contributed by atoms with Crippen molar-refractivity contribution < 1.29 is 14.3 Å². The third-order valence-electron chi connectivity index (χ3n) is 6.22. The number of aromatic nitrogens is 6. The smallest absolute Gasteiger partial charge is 0.204 e. The monoisotopic (exact) mass is 546 g/mol. The number of aromatic hydroxyl groups is 1. The summed E-state index contributed by atoms with van der Waals surface area (Å²) in [6, 6.07) is 6.24. The fraction of sp³-hybridized carbons (Fsp3) is 0.375. The van der Waals surface area contributed by atoms with Crippen LogP contribution in [0.1, 0.15) is 31.7 Å². The van der Waals surface area contributed by atoms with Crippen LogP contribution in [0.3, 0.4) is 0 Å². The minimum absolute atomic E-state index is 0.0749. The standard InChI is InChI=1S/C23H25ClFN7OS.CH3NO/c24-20(11-26)34-13-14-3-1-4-15(9-14)31-18-10-21(32-28-7-8-29-32)27-12-17(18)30-23(31)22-16(25)5-2-6-19(22)33;2-1-3/h2,5-8,10,12,14-15,20,33H,1,3-4,9,11,13,26H2;1H,(H2,2,3). The van der Waals surface area contributed by atoms with Crippen LogP contribution in [0.4, 0.5) is 4.39 Å². The Morgan fingerprint density at radius 3 is 2.76 bits per heavy atom. The Balaban J connectivity index is 0.00000102. The number of benzene rings is 1. The molecular formula is C24H28ClFN8O2S. The van der Waals surface area contributed by atoms with E-state index in [-0.39, 0.29) is 28.5 Å². The van der Waals surface area contributed by atoms with E-state index >= 15 is 0 Å². The third kappa shape index (κ3) is 6.03. The zero-order valence-electron chi connectivity index (χ0n) is 20.0. The van der Waals surface area contributed by atoms with Gasteiger partial charge in [-0.1, -0.05) is 12.5 Å². The molecule has 10 nitrogen and oxygen atoms in total. The molecule has 0 aliphatic heterocycles. The summed E-state index contributed by atoms with van der Waals surface area (Å²) in [5, 5.41) is 18.9. The number of rotatable bonds is 7. The van der Waals surface area contributed by atoms with E-state index in [2.05, 4.69) is 25.5 Å². The van der Waals surface area contributed by atoms with Crippen LogP contribution < -0.4 is 11.5 Å². The van der Waals surface area contributed by atoms with Crippen molar-refractivity contribution >= 4 is 40.8 Å². The summed E-state index contributed by atoms with van der Waals surface area (Å²) in [4.78, 5) is 19.2. The first-order valence-corrected chi connectivity index (χ1v) is 13.3. The van der Waals surface area contributed by atoms with E-state index in [4.69, 9.17) is 27.1 Å². The van der Waals surface area contributed by atoms with E-state index in [0.29, 0.717) is 29.6 Å². The average molecular weight is 547 g/mol. The summed E-state index contributed by atoms with van der Waals surface area (Å²) in [7, 11) is 0. The van der Waals surface area contributed by atoms with Gasteiger partial charge >= 0.3 is 0 Å². The van der Waals surface area contributed by atoms with E-state index < -0.39 is 5.82 Å². The summed E-state index contributed by atoms with van der Waals surface area (Å²) in [6.45, 7) is 0.433. The number of hydrogen-bond acceptors (Lipinski definition) is 8. The maximum absolute atomic E-state index is 15.0. The topological polar surface area (TPSA) is 151 Å². The number of phenols is 1. The second-order valence-electron chi connectivity index (χ2n) is 8.59. The fourth-order valence-corrected chi connectivity index (χ4v) is 5.81. The number of alkyl halides is 1. The number of primary amides is 1. The highest BCUT2D eigenvalue weighted by Crippen LogP contribution is 2.42. The molecule has 3 atom stereocenters. The van der Waals surface area contributed by atoms with Gasteiger partial charge in [0.05, 0.1) is 34.4 Å². The number of carbonyl (C=O) groups is 1. The van der Waals surface area contributed by atoms with E-state index in [9.17, 15) is 9.50 Å². The Hall–Kier alpha value is -3.22. The lowest BCUT2D eigenvalue weighted by atomic mass is 9.86. The molecule has 1 fully saturated rings. The van der Waals surface area contributed by atoms with Gasteiger partial charge in [-0.2, -0.15) is 10.2 Å². The third-order valence-corrected chi connectivity index (χ3v) is 7.99. The van der Waals surface area contributed by atoms with Crippen molar-refractivity contribution in [3.63, 3.8) is 0 Å². The van der Waals surface area contributed by atoms with Crippen molar-refractivity contribution in [3.8, 4) is 23.0 Å².